The zero-order valence-corrected chi connectivity index (χ0v) is 11.2. The molecule has 1 heteroatoms. The fourth-order valence-electron chi connectivity index (χ4n) is 3.14. The summed E-state index contributed by atoms with van der Waals surface area (Å²) in [5, 5.41) is 0. The first-order chi connectivity index (χ1) is 8.17. The van der Waals surface area contributed by atoms with E-state index in [0.29, 0.717) is 0 Å². The van der Waals surface area contributed by atoms with E-state index in [1.54, 1.807) is 28.2 Å². The smallest absolute Gasteiger partial charge is 0.0240 e. The van der Waals surface area contributed by atoms with Gasteiger partial charge >= 0.3 is 0 Å². The molecular formula is C16H22N-. The Kier molecular flexibility index (Phi) is 2.74. The van der Waals surface area contributed by atoms with E-state index in [1.165, 1.54) is 19.4 Å². The van der Waals surface area contributed by atoms with E-state index < -0.39 is 0 Å². The van der Waals surface area contributed by atoms with Crippen molar-refractivity contribution in [2.45, 2.75) is 46.7 Å². The van der Waals surface area contributed by atoms with Crippen molar-refractivity contribution >= 4 is 0 Å². The Morgan fingerprint density at radius 1 is 1.06 bits per heavy atom. The van der Waals surface area contributed by atoms with Gasteiger partial charge in [-0.15, -0.1) is 0 Å². The quantitative estimate of drug-likeness (QED) is 0.702. The maximum Gasteiger partial charge on any atom is 0.0240 e. The summed E-state index contributed by atoms with van der Waals surface area (Å²) in [7, 11) is 0. The van der Waals surface area contributed by atoms with Gasteiger partial charge in [0.1, 0.15) is 0 Å². The van der Waals surface area contributed by atoms with Crippen LogP contribution < -0.4 is 0 Å². The van der Waals surface area contributed by atoms with Crippen LogP contribution in [0.1, 0.15) is 43.0 Å². The molecule has 0 amide bonds. The van der Waals surface area contributed by atoms with Crippen molar-refractivity contribution in [2.24, 2.45) is 5.92 Å². The number of hydrogen-bond donors (Lipinski definition) is 0. The highest BCUT2D eigenvalue weighted by atomic mass is 15.1. The first kappa shape index (κ1) is 11.3. The first-order valence-electron chi connectivity index (χ1n) is 6.88. The molecular weight excluding hydrogens is 206 g/mol. The highest BCUT2D eigenvalue weighted by molar-refractivity contribution is 5.46. The fourth-order valence-corrected chi connectivity index (χ4v) is 3.14. The van der Waals surface area contributed by atoms with Gasteiger partial charge in [0.2, 0.25) is 0 Å². The molecule has 2 aliphatic rings. The van der Waals surface area contributed by atoms with E-state index in [4.69, 9.17) is 0 Å². The topological polar surface area (TPSA) is 3.24 Å². The molecule has 1 aromatic rings. The summed E-state index contributed by atoms with van der Waals surface area (Å²) < 4.78 is 0. The summed E-state index contributed by atoms with van der Waals surface area (Å²) in [5.41, 5.74) is 6.36. The Labute approximate surface area is 105 Å². The summed E-state index contributed by atoms with van der Waals surface area (Å²) >= 11 is 0. The lowest BCUT2D eigenvalue weighted by Gasteiger charge is -2.28. The van der Waals surface area contributed by atoms with Gasteiger partial charge in [-0.25, -0.2) is 0 Å². The minimum atomic E-state index is 0.740. The molecule has 0 radical (unpaired) electrons. The van der Waals surface area contributed by atoms with Crippen molar-refractivity contribution in [3.05, 3.63) is 40.3 Å². The highest BCUT2D eigenvalue weighted by Crippen LogP contribution is 2.36. The standard InChI is InChI=1S/C16H22N/c1-4-17-9-15-7-13-5-12(11(2)3)6-14(13)8-16(15)10-17/h7-8,11H,4-6,9-10H2,1-3H3/q-1. The number of hydrogen-bond acceptors (Lipinski definition) is 1. The zero-order valence-electron chi connectivity index (χ0n) is 11.2. The summed E-state index contributed by atoms with van der Waals surface area (Å²) in [6, 6.07) is 4.96. The van der Waals surface area contributed by atoms with E-state index >= 15 is 0 Å². The van der Waals surface area contributed by atoms with Crippen LogP contribution in [0, 0.1) is 11.8 Å². The normalized spacial score (nSPS) is 20.0. The van der Waals surface area contributed by atoms with Crippen LogP contribution in [0.4, 0.5) is 0 Å². The number of fused-ring (bicyclic) bond motifs is 2. The number of nitrogens with zero attached hydrogens (tertiary/aromatic N) is 1. The Hall–Kier alpha value is -0.820. The van der Waals surface area contributed by atoms with Gasteiger partial charge in [-0.3, -0.25) is 4.90 Å². The molecule has 0 saturated carbocycles. The Morgan fingerprint density at radius 3 is 2.00 bits per heavy atom. The van der Waals surface area contributed by atoms with E-state index in [9.17, 15) is 0 Å². The van der Waals surface area contributed by atoms with Crippen molar-refractivity contribution in [3.63, 3.8) is 0 Å². The van der Waals surface area contributed by atoms with Crippen LogP contribution in [0.5, 0.6) is 0 Å². The molecule has 17 heavy (non-hydrogen) atoms. The van der Waals surface area contributed by atoms with Crippen LogP contribution in [0.15, 0.2) is 12.1 Å². The molecule has 0 N–H and O–H groups in total. The second kappa shape index (κ2) is 4.13. The van der Waals surface area contributed by atoms with Crippen molar-refractivity contribution in [1.29, 1.82) is 0 Å². The second-order valence-electron chi connectivity index (χ2n) is 5.86. The lowest BCUT2D eigenvalue weighted by atomic mass is 9.93. The first-order valence-corrected chi connectivity index (χ1v) is 6.88. The van der Waals surface area contributed by atoms with Crippen LogP contribution in [-0.2, 0) is 25.9 Å². The molecule has 1 nitrogen and oxygen atoms in total. The number of rotatable bonds is 2. The molecule has 0 aromatic heterocycles. The van der Waals surface area contributed by atoms with Gasteiger partial charge in [-0.1, -0.05) is 44.0 Å². The minimum Gasteiger partial charge on any atom is -0.303 e. The lowest BCUT2D eigenvalue weighted by molar-refractivity contribution is 0.301. The Balaban J connectivity index is 1.87. The van der Waals surface area contributed by atoms with E-state index in [1.807, 2.05) is 0 Å². The fraction of sp³-hybridized carbons (Fsp3) is 0.562. The molecule has 1 aliphatic carbocycles. The average Bonchev–Trinajstić information content (AvgIpc) is 2.87. The third kappa shape index (κ3) is 1.91. The van der Waals surface area contributed by atoms with Crippen molar-refractivity contribution in [2.75, 3.05) is 6.54 Å². The molecule has 0 saturated heterocycles. The van der Waals surface area contributed by atoms with E-state index in [0.717, 1.165) is 19.0 Å². The van der Waals surface area contributed by atoms with Gasteiger partial charge in [0.05, 0.1) is 0 Å². The molecule has 1 heterocycles. The predicted molar refractivity (Wildman–Crippen MR) is 71.7 cm³/mol. The molecule has 0 fully saturated rings. The molecule has 1 aromatic carbocycles. The monoisotopic (exact) mass is 228 g/mol. The summed E-state index contributed by atoms with van der Waals surface area (Å²) in [5.74, 6) is 2.46. The molecule has 0 bridgehead atoms. The minimum absolute atomic E-state index is 0.740. The average molecular weight is 228 g/mol. The van der Waals surface area contributed by atoms with Gasteiger partial charge in [-0.2, -0.15) is 18.8 Å². The largest absolute Gasteiger partial charge is 0.303 e. The van der Waals surface area contributed by atoms with Crippen LogP contribution in [0.3, 0.4) is 0 Å². The van der Waals surface area contributed by atoms with Gasteiger partial charge in [-0.05, 0) is 17.7 Å². The van der Waals surface area contributed by atoms with E-state index in [2.05, 4.69) is 37.8 Å². The van der Waals surface area contributed by atoms with Gasteiger partial charge < -0.3 is 5.92 Å². The Morgan fingerprint density at radius 2 is 1.59 bits per heavy atom. The summed E-state index contributed by atoms with van der Waals surface area (Å²) in [6.45, 7) is 10.4. The van der Waals surface area contributed by atoms with Crippen molar-refractivity contribution in [1.82, 2.24) is 4.90 Å². The maximum absolute atomic E-state index is 2.52. The van der Waals surface area contributed by atoms with Gasteiger partial charge in [0.15, 0.2) is 0 Å². The highest BCUT2D eigenvalue weighted by Gasteiger charge is 2.21. The molecule has 0 unspecified atom stereocenters. The lowest BCUT2D eigenvalue weighted by Crippen LogP contribution is -2.14. The van der Waals surface area contributed by atoms with Crippen LogP contribution in [0.2, 0.25) is 0 Å². The molecule has 0 spiro atoms. The second-order valence-corrected chi connectivity index (χ2v) is 5.86. The van der Waals surface area contributed by atoms with Gasteiger partial charge in [0.25, 0.3) is 0 Å². The number of benzene rings is 1. The van der Waals surface area contributed by atoms with Crippen LogP contribution in [-0.4, -0.2) is 11.4 Å². The molecule has 92 valence electrons. The SMILES string of the molecule is CCN1Cc2cc3c(cc2C1)C[C-](C(C)C)C3. The molecule has 0 atom stereocenters. The molecule has 1 aliphatic heterocycles. The van der Waals surface area contributed by atoms with Crippen LogP contribution >= 0.6 is 0 Å². The molecule has 3 rings (SSSR count). The Bertz CT molecular complexity index is 398. The van der Waals surface area contributed by atoms with Crippen molar-refractivity contribution < 1.29 is 0 Å². The zero-order chi connectivity index (χ0) is 12.0. The third-order valence-corrected chi connectivity index (χ3v) is 4.41. The summed E-state index contributed by atoms with van der Waals surface area (Å²) in [4.78, 5) is 2.52. The third-order valence-electron chi connectivity index (χ3n) is 4.41. The van der Waals surface area contributed by atoms with Crippen LogP contribution in [0.25, 0.3) is 0 Å². The maximum atomic E-state index is 2.52. The van der Waals surface area contributed by atoms with E-state index in [-0.39, 0.29) is 0 Å². The van der Waals surface area contributed by atoms with Gasteiger partial charge in [0, 0.05) is 13.1 Å². The van der Waals surface area contributed by atoms with Crippen molar-refractivity contribution in [3.8, 4) is 0 Å². The summed E-state index contributed by atoms with van der Waals surface area (Å²) in [6.07, 6.45) is 2.46. The predicted octanol–water partition coefficient (Wildman–Crippen LogP) is 3.35.